The number of ether oxygens (including phenoxy) is 1. The molecule has 0 atom stereocenters. The zero-order valence-corrected chi connectivity index (χ0v) is 7.78. The fourth-order valence-corrected chi connectivity index (χ4v) is 1.46. The first-order chi connectivity index (χ1) is 7.16. The van der Waals surface area contributed by atoms with Gasteiger partial charge in [0.2, 0.25) is 0 Å². The molecule has 0 aromatic heterocycles. The van der Waals surface area contributed by atoms with E-state index in [-0.39, 0.29) is 5.75 Å². The van der Waals surface area contributed by atoms with Crippen LogP contribution in [-0.4, -0.2) is 6.61 Å². The van der Waals surface area contributed by atoms with Crippen LogP contribution in [-0.2, 0) is 0 Å². The average molecular weight is 209 g/mol. The molecule has 4 heteroatoms. The van der Waals surface area contributed by atoms with E-state index in [1.54, 1.807) is 24.3 Å². The van der Waals surface area contributed by atoms with Crippen molar-refractivity contribution in [3.05, 3.63) is 36.4 Å². The zero-order chi connectivity index (χ0) is 10.8. The Morgan fingerprint density at radius 2 is 1.93 bits per heavy atom. The third kappa shape index (κ3) is 1.98. The SMILES string of the molecule is Nc1cccc2cc(OC(F)F)ccc12. The summed E-state index contributed by atoms with van der Waals surface area (Å²) in [5.41, 5.74) is 6.34. The summed E-state index contributed by atoms with van der Waals surface area (Å²) in [5.74, 6) is 0.142. The number of rotatable bonds is 2. The molecule has 0 aliphatic rings. The van der Waals surface area contributed by atoms with Crippen molar-refractivity contribution in [2.45, 2.75) is 6.61 Å². The van der Waals surface area contributed by atoms with Crippen LogP contribution in [0.15, 0.2) is 36.4 Å². The van der Waals surface area contributed by atoms with Gasteiger partial charge < -0.3 is 10.5 Å². The Hall–Kier alpha value is -1.84. The van der Waals surface area contributed by atoms with Crippen LogP contribution < -0.4 is 10.5 Å². The monoisotopic (exact) mass is 209 g/mol. The molecule has 0 amide bonds. The maximum Gasteiger partial charge on any atom is 0.387 e. The zero-order valence-electron chi connectivity index (χ0n) is 7.78. The highest BCUT2D eigenvalue weighted by Gasteiger charge is 2.05. The lowest BCUT2D eigenvalue weighted by Gasteiger charge is -2.06. The van der Waals surface area contributed by atoms with E-state index in [4.69, 9.17) is 5.73 Å². The van der Waals surface area contributed by atoms with Crippen molar-refractivity contribution in [1.82, 2.24) is 0 Å². The van der Waals surface area contributed by atoms with E-state index in [0.717, 1.165) is 10.8 Å². The number of fused-ring (bicyclic) bond motifs is 1. The van der Waals surface area contributed by atoms with Gasteiger partial charge in [0, 0.05) is 11.1 Å². The van der Waals surface area contributed by atoms with E-state index in [1.165, 1.54) is 12.1 Å². The van der Waals surface area contributed by atoms with Crippen LogP contribution in [0.1, 0.15) is 0 Å². The first-order valence-corrected chi connectivity index (χ1v) is 4.40. The van der Waals surface area contributed by atoms with Gasteiger partial charge in [-0.3, -0.25) is 0 Å². The summed E-state index contributed by atoms with van der Waals surface area (Å²) < 4.78 is 28.2. The molecule has 0 saturated carbocycles. The van der Waals surface area contributed by atoms with Gasteiger partial charge in [-0.2, -0.15) is 8.78 Å². The van der Waals surface area contributed by atoms with E-state index < -0.39 is 6.61 Å². The molecule has 2 rings (SSSR count). The molecule has 2 nitrogen and oxygen atoms in total. The van der Waals surface area contributed by atoms with Crippen LogP contribution in [0.3, 0.4) is 0 Å². The summed E-state index contributed by atoms with van der Waals surface area (Å²) in [6.07, 6.45) is 0. The molecule has 0 aliphatic heterocycles. The highest BCUT2D eigenvalue weighted by molar-refractivity contribution is 5.93. The number of hydrogen-bond donors (Lipinski definition) is 1. The minimum atomic E-state index is -2.80. The lowest BCUT2D eigenvalue weighted by Crippen LogP contribution is -2.01. The summed E-state index contributed by atoms with van der Waals surface area (Å²) in [5, 5.41) is 1.62. The molecule has 2 aromatic carbocycles. The van der Waals surface area contributed by atoms with Crippen LogP contribution in [0.5, 0.6) is 5.75 Å². The smallest absolute Gasteiger partial charge is 0.387 e. The van der Waals surface area contributed by atoms with Gasteiger partial charge in [0.1, 0.15) is 5.75 Å². The summed E-state index contributed by atoms with van der Waals surface area (Å²) in [6.45, 7) is -2.80. The van der Waals surface area contributed by atoms with Crippen molar-refractivity contribution >= 4 is 16.5 Å². The van der Waals surface area contributed by atoms with Crippen LogP contribution >= 0.6 is 0 Å². The molecule has 0 radical (unpaired) electrons. The van der Waals surface area contributed by atoms with Gasteiger partial charge in [0.25, 0.3) is 0 Å². The number of benzene rings is 2. The van der Waals surface area contributed by atoms with Crippen molar-refractivity contribution < 1.29 is 13.5 Å². The molecular formula is C11H9F2NO. The van der Waals surface area contributed by atoms with Crippen molar-refractivity contribution in [2.75, 3.05) is 5.73 Å². The Bertz CT molecular complexity index is 485. The minimum absolute atomic E-state index is 0.142. The Morgan fingerprint density at radius 1 is 1.13 bits per heavy atom. The van der Waals surface area contributed by atoms with Gasteiger partial charge in [-0.25, -0.2) is 0 Å². The van der Waals surface area contributed by atoms with Crippen molar-refractivity contribution in [1.29, 1.82) is 0 Å². The Kier molecular flexibility index (Phi) is 2.41. The lowest BCUT2D eigenvalue weighted by atomic mass is 10.1. The Balaban J connectivity index is 2.48. The standard InChI is InChI=1S/C11H9F2NO/c12-11(13)15-8-4-5-9-7(6-8)2-1-3-10(9)14/h1-6,11H,14H2. The Labute approximate surface area is 85.3 Å². The molecule has 0 unspecified atom stereocenters. The molecular weight excluding hydrogens is 200 g/mol. The number of nitrogens with two attached hydrogens (primary N) is 1. The van der Waals surface area contributed by atoms with Gasteiger partial charge in [0.15, 0.2) is 0 Å². The first kappa shape index (κ1) is 9.71. The van der Waals surface area contributed by atoms with Crippen LogP contribution in [0, 0.1) is 0 Å². The fourth-order valence-electron chi connectivity index (χ4n) is 1.46. The topological polar surface area (TPSA) is 35.2 Å². The van der Waals surface area contributed by atoms with Crippen LogP contribution in [0.4, 0.5) is 14.5 Å². The molecule has 15 heavy (non-hydrogen) atoms. The largest absolute Gasteiger partial charge is 0.435 e. The predicted octanol–water partition coefficient (Wildman–Crippen LogP) is 3.02. The van der Waals surface area contributed by atoms with Crippen LogP contribution in [0.25, 0.3) is 10.8 Å². The third-order valence-electron chi connectivity index (χ3n) is 2.11. The number of anilines is 1. The molecule has 0 saturated heterocycles. The van der Waals surface area contributed by atoms with Crippen molar-refractivity contribution in [2.24, 2.45) is 0 Å². The normalized spacial score (nSPS) is 10.9. The number of halogens is 2. The van der Waals surface area contributed by atoms with Gasteiger partial charge in [-0.05, 0) is 29.7 Å². The third-order valence-corrected chi connectivity index (χ3v) is 2.11. The second-order valence-corrected chi connectivity index (χ2v) is 3.11. The van der Waals surface area contributed by atoms with E-state index in [0.29, 0.717) is 5.69 Å². The van der Waals surface area contributed by atoms with Gasteiger partial charge in [-0.1, -0.05) is 12.1 Å². The lowest BCUT2D eigenvalue weighted by molar-refractivity contribution is -0.0497. The quantitative estimate of drug-likeness (QED) is 0.771. The molecule has 0 fully saturated rings. The first-order valence-electron chi connectivity index (χ1n) is 4.40. The number of alkyl halides is 2. The van der Waals surface area contributed by atoms with E-state index in [1.807, 2.05) is 0 Å². The highest BCUT2D eigenvalue weighted by atomic mass is 19.3. The molecule has 2 N–H and O–H groups in total. The van der Waals surface area contributed by atoms with E-state index in [2.05, 4.69) is 4.74 Å². The summed E-state index contributed by atoms with van der Waals surface area (Å²) in [6, 6.07) is 10.0. The number of nitrogen functional groups attached to an aromatic ring is 1. The Morgan fingerprint density at radius 3 is 2.67 bits per heavy atom. The van der Waals surface area contributed by atoms with E-state index >= 15 is 0 Å². The second-order valence-electron chi connectivity index (χ2n) is 3.11. The van der Waals surface area contributed by atoms with Crippen molar-refractivity contribution in [3.63, 3.8) is 0 Å². The highest BCUT2D eigenvalue weighted by Crippen LogP contribution is 2.25. The van der Waals surface area contributed by atoms with Gasteiger partial charge in [0.05, 0.1) is 0 Å². The molecule has 0 heterocycles. The van der Waals surface area contributed by atoms with E-state index in [9.17, 15) is 8.78 Å². The predicted molar refractivity (Wildman–Crippen MR) is 55.0 cm³/mol. The maximum absolute atomic E-state index is 12.0. The minimum Gasteiger partial charge on any atom is -0.435 e. The molecule has 0 bridgehead atoms. The average Bonchev–Trinajstić information content (AvgIpc) is 2.17. The molecule has 0 aliphatic carbocycles. The van der Waals surface area contributed by atoms with Crippen molar-refractivity contribution in [3.8, 4) is 5.75 Å². The molecule has 78 valence electrons. The van der Waals surface area contributed by atoms with Gasteiger partial charge >= 0.3 is 6.61 Å². The van der Waals surface area contributed by atoms with Crippen LogP contribution in [0.2, 0.25) is 0 Å². The maximum atomic E-state index is 12.0. The number of hydrogen-bond acceptors (Lipinski definition) is 2. The summed E-state index contributed by atoms with van der Waals surface area (Å²) >= 11 is 0. The summed E-state index contributed by atoms with van der Waals surface area (Å²) in [4.78, 5) is 0. The fraction of sp³-hybridized carbons (Fsp3) is 0.0909. The summed E-state index contributed by atoms with van der Waals surface area (Å²) in [7, 11) is 0. The van der Waals surface area contributed by atoms with Gasteiger partial charge in [-0.15, -0.1) is 0 Å². The second kappa shape index (κ2) is 3.73. The molecule has 0 spiro atoms. The molecule has 2 aromatic rings.